The van der Waals surface area contributed by atoms with Crippen molar-refractivity contribution in [2.24, 2.45) is 0 Å². The number of nitrogens with zero attached hydrogens (tertiary/aromatic N) is 1. The van der Waals surface area contributed by atoms with Crippen molar-refractivity contribution >= 4 is 11.7 Å². The molecular weight excluding hydrogens is 245 g/mol. The lowest BCUT2D eigenvalue weighted by Crippen LogP contribution is -2.31. The van der Waals surface area contributed by atoms with Gasteiger partial charge in [-0.15, -0.1) is 0 Å². The van der Waals surface area contributed by atoms with Gasteiger partial charge in [-0.05, 0) is 43.3 Å². The number of pyridine rings is 1. The number of halogens is 1. The highest BCUT2D eigenvalue weighted by atomic mass is 19.1. The third kappa shape index (κ3) is 3.77. The molecule has 0 aliphatic rings. The van der Waals surface area contributed by atoms with Crippen LogP contribution in [0.2, 0.25) is 0 Å². The summed E-state index contributed by atoms with van der Waals surface area (Å²) in [6.07, 6.45) is 1.67. The quantitative estimate of drug-likeness (QED) is 0.889. The average molecular weight is 259 g/mol. The monoisotopic (exact) mass is 259 g/mol. The number of nitrogens with one attached hydrogen (secondary N) is 2. The molecule has 0 spiro atoms. The van der Waals surface area contributed by atoms with E-state index in [1.54, 1.807) is 6.20 Å². The summed E-state index contributed by atoms with van der Waals surface area (Å²) in [5.41, 5.74) is 1.31. The highest BCUT2D eigenvalue weighted by Crippen LogP contribution is 2.10. The standard InChI is InChI=1S/C14H14FN3O/c1-10(13-4-2-3-9-16-13)17-14(19)18-12-7-5-11(15)6-8-12/h2-10H,1H3,(H2,17,18,19)/t10-/m0/s1. The van der Waals surface area contributed by atoms with Crippen LogP contribution in [0, 0.1) is 5.82 Å². The summed E-state index contributed by atoms with van der Waals surface area (Å²) in [6, 6.07) is 10.5. The zero-order valence-electron chi connectivity index (χ0n) is 10.4. The number of anilines is 1. The van der Waals surface area contributed by atoms with E-state index in [2.05, 4.69) is 15.6 Å². The Balaban J connectivity index is 1.93. The number of carbonyl (C=O) groups is 1. The molecule has 1 heterocycles. The Morgan fingerprint density at radius 2 is 1.95 bits per heavy atom. The van der Waals surface area contributed by atoms with Gasteiger partial charge in [0, 0.05) is 11.9 Å². The molecule has 1 aromatic carbocycles. The molecule has 0 fully saturated rings. The fourth-order valence-electron chi connectivity index (χ4n) is 1.60. The van der Waals surface area contributed by atoms with Crippen molar-refractivity contribution in [1.82, 2.24) is 10.3 Å². The topological polar surface area (TPSA) is 54.0 Å². The smallest absolute Gasteiger partial charge is 0.319 e. The third-order valence-corrected chi connectivity index (χ3v) is 2.58. The molecular formula is C14H14FN3O. The van der Waals surface area contributed by atoms with E-state index in [1.165, 1.54) is 24.3 Å². The van der Waals surface area contributed by atoms with E-state index < -0.39 is 0 Å². The van der Waals surface area contributed by atoms with Gasteiger partial charge in [-0.25, -0.2) is 9.18 Å². The van der Waals surface area contributed by atoms with Crippen LogP contribution in [0.4, 0.5) is 14.9 Å². The van der Waals surface area contributed by atoms with Crippen LogP contribution >= 0.6 is 0 Å². The first kappa shape index (κ1) is 13.0. The second-order valence-corrected chi connectivity index (χ2v) is 4.08. The van der Waals surface area contributed by atoms with Crippen LogP contribution < -0.4 is 10.6 Å². The van der Waals surface area contributed by atoms with Crippen LogP contribution in [-0.2, 0) is 0 Å². The van der Waals surface area contributed by atoms with Gasteiger partial charge in [-0.3, -0.25) is 4.98 Å². The van der Waals surface area contributed by atoms with Crippen molar-refractivity contribution in [2.75, 3.05) is 5.32 Å². The van der Waals surface area contributed by atoms with E-state index in [-0.39, 0.29) is 17.9 Å². The Hall–Kier alpha value is -2.43. The molecule has 0 bridgehead atoms. The Morgan fingerprint density at radius 3 is 2.58 bits per heavy atom. The van der Waals surface area contributed by atoms with Gasteiger partial charge in [-0.2, -0.15) is 0 Å². The molecule has 2 N–H and O–H groups in total. The molecule has 1 atom stereocenters. The molecule has 0 saturated heterocycles. The molecule has 0 saturated carbocycles. The van der Waals surface area contributed by atoms with Crippen LogP contribution in [0.5, 0.6) is 0 Å². The zero-order valence-corrected chi connectivity index (χ0v) is 10.4. The second-order valence-electron chi connectivity index (χ2n) is 4.08. The van der Waals surface area contributed by atoms with Crippen molar-refractivity contribution in [3.8, 4) is 0 Å². The molecule has 0 radical (unpaired) electrons. The summed E-state index contributed by atoms with van der Waals surface area (Å²) in [5, 5.41) is 5.38. The van der Waals surface area contributed by atoms with Crippen molar-refractivity contribution in [1.29, 1.82) is 0 Å². The zero-order chi connectivity index (χ0) is 13.7. The van der Waals surface area contributed by atoms with E-state index in [0.717, 1.165) is 5.69 Å². The van der Waals surface area contributed by atoms with Gasteiger partial charge < -0.3 is 10.6 Å². The summed E-state index contributed by atoms with van der Waals surface area (Å²) in [6.45, 7) is 1.84. The molecule has 98 valence electrons. The largest absolute Gasteiger partial charge is 0.330 e. The molecule has 0 unspecified atom stereocenters. The van der Waals surface area contributed by atoms with Crippen molar-refractivity contribution < 1.29 is 9.18 Å². The number of benzene rings is 1. The first-order chi connectivity index (χ1) is 9.15. The van der Waals surface area contributed by atoms with Crippen LogP contribution in [0.15, 0.2) is 48.7 Å². The minimum absolute atomic E-state index is 0.207. The van der Waals surface area contributed by atoms with E-state index in [9.17, 15) is 9.18 Å². The van der Waals surface area contributed by atoms with Crippen LogP contribution in [0.3, 0.4) is 0 Å². The van der Waals surface area contributed by atoms with E-state index >= 15 is 0 Å². The third-order valence-electron chi connectivity index (χ3n) is 2.58. The van der Waals surface area contributed by atoms with Crippen LogP contribution in [0.1, 0.15) is 18.7 Å². The predicted octanol–water partition coefficient (Wildman–Crippen LogP) is 3.10. The maximum absolute atomic E-state index is 12.7. The maximum Gasteiger partial charge on any atom is 0.319 e. The molecule has 2 aromatic rings. The predicted molar refractivity (Wildman–Crippen MR) is 71.2 cm³/mol. The summed E-state index contributed by atoms with van der Waals surface area (Å²) >= 11 is 0. The first-order valence-electron chi connectivity index (χ1n) is 5.89. The van der Waals surface area contributed by atoms with Gasteiger partial charge in [0.15, 0.2) is 0 Å². The number of hydrogen-bond acceptors (Lipinski definition) is 2. The number of hydrogen-bond donors (Lipinski definition) is 2. The molecule has 19 heavy (non-hydrogen) atoms. The van der Waals surface area contributed by atoms with Crippen molar-refractivity contribution in [2.45, 2.75) is 13.0 Å². The summed E-state index contributed by atoms with van der Waals surface area (Å²) in [5.74, 6) is -0.340. The number of rotatable bonds is 3. The molecule has 1 aromatic heterocycles. The van der Waals surface area contributed by atoms with E-state index in [4.69, 9.17) is 0 Å². The highest BCUT2D eigenvalue weighted by molar-refractivity contribution is 5.89. The van der Waals surface area contributed by atoms with E-state index in [0.29, 0.717) is 5.69 Å². The summed E-state index contributed by atoms with van der Waals surface area (Å²) in [4.78, 5) is 15.9. The molecule has 5 heteroatoms. The summed E-state index contributed by atoms with van der Waals surface area (Å²) < 4.78 is 12.7. The van der Waals surface area contributed by atoms with Crippen LogP contribution in [0.25, 0.3) is 0 Å². The Kier molecular flexibility index (Phi) is 4.07. The fourth-order valence-corrected chi connectivity index (χ4v) is 1.60. The Bertz CT molecular complexity index is 542. The normalized spacial score (nSPS) is 11.7. The minimum atomic E-state index is -0.357. The Labute approximate surface area is 110 Å². The molecule has 0 aliphatic heterocycles. The van der Waals surface area contributed by atoms with Crippen LogP contribution in [-0.4, -0.2) is 11.0 Å². The van der Waals surface area contributed by atoms with Crippen molar-refractivity contribution in [3.63, 3.8) is 0 Å². The molecule has 4 nitrogen and oxygen atoms in total. The van der Waals surface area contributed by atoms with Gasteiger partial charge >= 0.3 is 6.03 Å². The Morgan fingerprint density at radius 1 is 1.21 bits per heavy atom. The number of aromatic nitrogens is 1. The summed E-state index contributed by atoms with van der Waals surface area (Å²) in [7, 11) is 0. The highest BCUT2D eigenvalue weighted by Gasteiger charge is 2.10. The maximum atomic E-state index is 12.7. The second kappa shape index (κ2) is 5.95. The van der Waals surface area contributed by atoms with Gasteiger partial charge in [0.2, 0.25) is 0 Å². The van der Waals surface area contributed by atoms with E-state index in [1.807, 2.05) is 25.1 Å². The number of carbonyl (C=O) groups excluding carboxylic acids is 1. The average Bonchev–Trinajstić information content (AvgIpc) is 2.42. The van der Waals surface area contributed by atoms with Gasteiger partial charge in [0.1, 0.15) is 5.82 Å². The van der Waals surface area contributed by atoms with Crippen molar-refractivity contribution in [3.05, 3.63) is 60.2 Å². The first-order valence-corrected chi connectivity index (χ1v) is 5.89. The van der Waals surface area contributed by atoms with Gasteiger partial charge in [0.05, 0.1) is 11.7 Å². The van der Waals surface area contributed by atoms with Gasteiger partial charge in [-0.1, -0.05) is 6.07 Å². The fraction of sp³-hybridized carbons (Fsp3) is 0.143. The van der Waals surface area contributed by atoms with Gasteiger partial charge in [0.25, 0.3) is 0 Å². The lowest BCUT2D eigenvalue weighted by atomic mass is 10.2. The minimum Gasteiger partial charge on any atom is -0.330 e. The molecule has 2 rings (SSSR count). The molecule has 0 aliphatic carbocycles. The molecule has 2 amide bonds. The lowest BCUT2D eigenvalue weighted by Gasteiger charge is -2.14. The lowest BCUT2D eigenvalue weighted by molar-refractivity contribution is 0.249. The number of amides is 2. The SMILES string of the molecule is C[C@H](NC(=O)Nc1ccc(F)cc1)c1ccccn1. The number of urea groups is 1.